The summed E-state index contributed by atoms with van der Waals surface area (Å²) >= 11 is 1.39. The SMILES string of the molecule is CC(=O)NC1CCOc2ccc(-c3csc(NC(=O)C(c4ccccc4)c4ccccc4)n3)cc21. The van der Waals surface area contributed by atoms with Crippen molar-refractivity contribution in [2.45, 2.75) is 25.3 Å². The number of hydrogen-bond acceptors (Lipinski definition) is 5. The third-order valence-electron chi connectivity index (χ3n) is 5.98. The van der Waals surface area contributed by atoms with Crippen LogP contribution in [0.3, 0.4) is 0 Å². The molecule has 7 heteroatoms. The van der Waals surface area contributed by atoms with Crippen molar-refractivity contribution in [2.75, 3.05) is 11.9 Å². The highest BCUT2D eigenvalue weighted by molar-refractivity contribution is 7.14. The van der Waals surface area contributed by atoms with Crippen LogP contribution in [0.1, 0.15) is 42.0 Å². The van der Waals surface area contributed by atoms with Crippen LogP contribution in [0.2, 0.25) is 0 Å². The topological polar surface area (TPSA) is 80.3 Å². The number of nitrogens with zero attached hydrogens (tertiary/aromatic N) is 1. The summed E-state index contributed by atoms with van der Waals surface area (Å²) in [5.41, 5.74) is 4.45. The Kier molecular flexibility index (Phi) is 6.59. The predicted molar refractivity (Wildman–Crippen MR) is 138 cm³/mol. The number of thiazole rings is 1. The van der Waals surface area contributed by atoms with Crippen molar-refractivity contribution in [1.82, 2.24) is 10.3 Å². The van der Waals surface area contributed by atoms with E-state index in [0.29, 0.717) is 11.7 Å². The molecule has 35 heavy (non-hydrogen) atoms. The fourth-order valence-electron chi connectivity index (χ4n) is 4.38. The lowest BCUT2D eigenvalue weighted by Gasteiger charge is -2.26. The number of benzene rings is 3. The summed E-state index contributed by atoms with van der Waals surface area (Å²) in [6, 6.07) is 25.3. The molecular formula is C28H25N3O3S. The minimum atomic E-state index is -0.441. The summed E-state index contributed by atoms with van der Waals surface area (Å²) < 4.78 is 5.77. The highest BCUT2D eigenvalue weighted by atomic mass is 32.1. The van der Waals surface area contributed by atoms with Crippen LogP contribution in [-0.2, 0) is 9.59 Å². The van der Waals surface area contributed by atoms with Crippen molar-refractivity contribution in [3.63, 3.8) is 0 Å². The average Bonchev–Trinajstić information content (AvgIpc) is 3.33. The Bertz CT molecular complexity index is 1300. The number of hydrogen-bond donors (Lipinski definition) is 2. The Morgan fingerprint density at radius 2 is 1.69 bits per heavy atom. The molecule has 0 bridgehead atoms. The largest absolute Gasteiger partial charge is 0.493 e. The summed E-state index contributed by atoms with van der Waals surface area (Å²) in [7, 11) is 0. The molecule has 2 N–H and O–H groups in total. The highest BCUT2D eigenvalue weighted by Gasteiger charge is 2.25. The van der Waals surface area contributed by atoms with Gasteiger partial charge in [-0.15, -0.1) is 11.3 Å². The smallest absolute Gasteiger partial charge is 0.238 e. The van der Waals surface area contributed by atoms with Gasteiger partial charge in [-0.1, -0.05) is 60.7 Å². The molecule has 5 rings (SSSR count). The lowest BCUT2D eigenvalue weighted by atomic mass is 9.90. The van der Waals surface area contributed by atoms with Gasteiger partial charge < -0.3 is 15.4 Å². The molecule has 0 radical (unpaired) electrons. The van der Waals surface area contributed by atoms with Crippen molar-refractivity contribution < 1.29 is 14.3 Å². The number of nitrogens with one attached hydrogen (secondary N) is 2. The van der Waals surface area contributed by atoms with Gasteiger partial charge in [0.2, 0.25) is 11.8 Å². The third-order valence-corrected chi connectivity index (χ3v) is 6.74. The van der Waals surface area contributed by atoms with E-state index in [1.807, 2.05) is 84.2 Å². The second kappa shape index (κ2) is 10.1. The standard InChI is InChI=1S/C28H25N3O3S/c1-18(32)29-23-14-15-34-25-13-12-21(16-22(23)25)24-17-35-28(30-24)31-27(33)26(19-8-4-2-5-9-19)20-10-6-3-7-11-20/h2-13,16-17,23,26H,14-15H2,1H3,(H,29,32)(H,30,31,33). The van der Waals surface area contributed by atoms with Crippen molar-refractivity contribution in [2.24, 2.45) is 0 Å². The molecule has 0 saturated carbocycles. The zero-order chi connectivity index (χ0) is 24.2. The second-order valence-electron chi connectivity index (χ2n) is 8.42. The van der Waals surface area contributed by atoms with Crippen molar-refractivity contribution in [3.8, 4) is 17.0 Å². The van der Waals surface area contributed by atoms with E-state index in [-0.39, 0.29) is 17.9 Å². The fourth-order valence-corrected chi connectivity index (χ4v) is 5.10. The van der Waals surface area contributed by atoms with Crippen LogP contribution in [0.5, 0.6) is 5.75 Å². The molecule has 0 aliphatic carbocycles. The molecule has 2 heterocycles. The van der Waals surface area contributed by atoms with Crippen molar-refractivity contribution >= 4 is 28.3 Å². The predicted octanol–water partition coefficient (Wildman–Crippen LogP) is 5.54. The van der Waals surface area contributed by atoms with Crippen LogP contribution in [-0.4, -0.2) is 23.4 Å². The molecule has 1 atom stereocenters. The van der Waals surface area contributed by atoms with E-state index >= 15 is 0 Å². The Hall–Kier alpha value is -3.97. The van der Waals surface area contributed by atoms with Crippen molar-refractivity contribution in [3.05, 3.63) is 101 Å². The minimum Gasteiger partial charge on any atom is -0.493 e. The number of carbonyl (C=O) groups excluding carboxylic acids is 2. The maximum Gasteiger partial charge on any atom is 0.238 e. The summed E-state index contributed by atoms with van der Waals surface area (Å²) in [5, 5.41) is 8.47. The van der Waals surface area contributed by atoms with Gasteiger partial charge >= 0.3 is 0 Å². The maximum atomic E-state index is 13.4. The normalized spacial score (nSPS) is 14.6. The monoisotopic (exact) mass is 483 g/mol. The van der Waals surface area contributed by atoms with Gasteiger partial charge in [-0.2, -0.15) is 0 Å². The molecule has 3 aromatic carbocycles. The fraction of sp³-hybridized carbons (Fsp3) is 0.179. The zero-order valence-corrected chi connectivity index (χ0v) is 20.0. The summed E-state index contributed by atoms with van der Waals surface area (Å²) in [5.74, 6) is 0.131. The lowest BCUT2D eigenvalue weighted by Crippen LogP contribution is -2.30. The molecule has 176 valence electrons. The van der Waals surface area contributed by atoms with Crippen LogP contribution < -0.4 is 15.4 Å². The Morgan fingerprint density at radius 3 is 2.34 bits per heavy atom. The van der Waals surface area contributed by atoms with E-state index in [9.17, 15) is 9.59 Å². The van der Waals surface area contributed by atoms with E-state index in [2.05, 4.69) is 15.6 Å². The zero-order valence-electron chi connectivity index (χ0n) is 19.2. The maximum absolute atomic E-state index is 13.4. The molecule has 1 aliphatic heterocycles. The quantitative estimate of drug-likeness (QED) is 0.377. The molecule has 1 aromatic heterocycles. The molecule has 0 fully saturated rings. The second-order valence-corrected chi connectivity index (χ2v) is 9.28. The molecule has 1 unspecified atom stereocenters. The first kappa shape index (κ1) is 22.8. The molecule has 6 nitrogen and oxygen atoms in total. The molecule has 4 aromatic rings. The number of carbonyl (C=O) groups is 2. The Balaban J connectivity index is 1.39. The van der Waals surface area contributed by atoms with Crippen LogP contribution >= 0.6 is 11.3 Å². The molecular weight excluding hydrogens is 458 g/mol. The number of aromatic nitrogens is 1. The summed E-state index contributed by atoms with van der Waals surface area (Å²) in [6.45, 7) is 2.08. The Morgan fingerprint density at radius 1 is 1.00 bits per heavy atom. The lowest BCUT2D eigenvalue weighted by molar-refractivity contribution is -0.120. The van der Waals surface area contributed by atoms with E-state index in [1.54, 1.807) is 0 Å². The van der Waals surface area contributed by atoms with Gasteiger partial charge in [0.1, 0.15) is 5.75 Å². The molecule has 1 aliphatic rings. The van der Waals surface area contributed by atoms with Crippen LogP contribution in [0.25, 0.3) is 11.3 Å². The van der Waals surface area contributed by atoms with Gasteiger partial charge in [-0.25, -0.2) is 4.98 Å². The van der Waals surface area contributed by atoms with Gasteiger partial charge in [0.15, 0.2) is 5.13 Å². The first-order chi connectivity index (χ1) is 17.1. The number of rotatable bonds is 6. The van der Waals surface area contributed by atoms with Crippen LogP contribution in [0, 0.1) is 0 Å². The van der Waals surface area contributed by atoms with Crippen LogP contribution in [0.4, 0.5) is 5.13 Å². The van der Waals surface area contributed by atoms with E-state index in [1.165, 1.54) is 18.3 Å². The summed E-state index contributed by atoms with van der Waals surface area (Å²) in [4.78, 5) is 29.7. The number of fused-ring (bicyclic) bond motifs is 1. The van der Waals surface area contributed by atoms with Gasteiger partial charge in [0.25, 0.3) is 0 Å². The highest BCUT2D eigenvalue weighted by Crippen LogP contribution is 2.36. The average molecular weight is 484 g/mol. The minimum absolute atomic E-state index is 0.0710. The number of ether oxygens (including phenoxy) is 1. The van der Waals surface area contributed by atoms with E-state index < -0.39 is 5.92 Å². The third kappa shape index (κ3) is 5.10. The summed E-state index contributed by atoms with van der Waals surface area (Å²) in [6.07, 6.45) is 0.717. The first-order valence-electron chi connectivity index (χ1n) is 11.5. The Labute approximate surface area is 208 Å². The molecule has 0 saturated heterocycles. The molecule has 2 amide bonds. The van der Waals surface area contributed by atoms with Gasteiger partial charge in [0, 0.05) is 29.9 Å². The van der Waals surface area contributed by atoms with E-state index in [0.717, 1.165) is 40.1 Å². The van der Waals surface area contributed by atoms with Gasteiger partial charge in [0.05, 0.1) is 24.3 Å². The number of anilines is 1. The van der Waals surface area contributed by atoms with Gasteiger partial charge in [-0.05, 0) is 29.3 Å². The number of amides is 2. The van der Waals surface area contributed by atoms with E-state index in [4.69, 9.17) is 4.74 Å². The first-order valence-corrected chi connectivity index (χ1v) is 12.4. The molecule has 0 spiro atoms. The van der Waals surface area contributed by atoms with Gasteiger partial charge in [-0.3, -0.25) is 9.59 Å². The van der Waals surface area contributed by atoms with Crippen molar-refractivity contribution in [1.29, 1.82) is 0 Å². The van der Waals surface area contributed by atoms with Crippen LogP contribution in [0.15, 0.2) is 84.2 Å².